The SMILES string of the molecule is COc1cc(CNCC2CCCN(C)C2)ccc1C#N. The van der Waals surface area contributed by atoms with Crippen LogP contribution in [0.1, 0.15) is 24.0 Å². The van der Waals surface area contributed by atoms with Gasteiger partial charge in [-0.15, -0.1) is 0 Å². The fourth-order valence-electron chi connectivity index (χ4n) is 2.80. The van der Waals surface area contributed by atoms with Crippen LogP contribution >= 0.6 is 0 Å². The summed E-state index contributed by atoms with van der Waals surface area (Å²) >= 11 is 0. The number of piperidine rings is 1. The molecular formula is C16H23N3O. The summed E-state index contributed by atoms with van der Waals surface area (Å²) in [5.74, 6) is 1.40. The Kier molecular flexibility index (Phi) is 5.40. The standard InChI is InChI=1S/C16H23N3O/c1-19-7-3-4-14(12-19)11-18-10-13-5-6-15(9-17)16(8-13)20-2/h5-6,8,14,18H,3-4,7,10-12H2,1-2H3. The van der Waals surface area contributed by atoms with Crippen LogP contribution in [0.25, 0.3) is 0 Å². The molecule has 0 spiro atoms. The maximum absolute atomic E-state index is 8.96. The molecule has 2 rings (SSSR count). The van der Waals surface area contributed by atoms with Crippen LogP contribution in [0, 0.1) is 17.2 Å². The summed E-state index contributed by atoms with van der Waals surface area (Å²) in [6, 6.07) is 7.89. The Morgan fingerprint density at radius 2 is 2.35 bits per heavy atom. The monoisotopic (exact) mass is 273 g/mol. The quantitative estimate of drug-likeness (QED) is 0.891. The molecule has 4 heteroatoms. The summed E-state index contributed by atoms with van der Waals surface area (Å²) in [5.41, 5.74) is 1.75. The first-order chi connectivity index (χ1) is 9.72. The molecule has 1 saturated heterocycles. The van der Waals surface area contributed by atoms with Crippen LogP contribution in [0.15, 0.2) is 18.2 Å². The highest BCUT2D eigenvalue weighted by molar-refractivity contribution is 5.45. The van der Waals surface area contributed by atoms with Crippen LogP contribution in [0.5, 0.6) is 5.75 Å². The van der Waals surface area contributed by atoms with Gasteiger partial charge in [0.2, 0.25) is 0 Å². The molecule has 1 aromatic carbocycles. The average Bonchev–Trinajstić information content (AvgIpc) is 2.47. The van der Waals surface area contributed by atoms with Crippen molar-refractivity contribution in [1.82, 2.24) is 10.2 Å². The second-order valence-electron chi connectivity index (χ2n) is 5.55. The number of likely N-dealkylation sites (tertiary alicyclic amines) is 1. The predicted molar refractivity (Wildman–Crippen MR) is 79.6 cm³/mol. The fourth-order valence-corrected chi connectivity index (χ4v) is 2.80. The molecule has 1 unspecified atom stereocenters. The summed E-state index contributed by atoms with van der Waals surface area (Å²) < 4.78 is 5.23. The van der Waals surface area contributed by atoms with Gasteiger partial charge in [0.1, 0.15) is 11.8 Å². The molecule has 4 nitrogen and oxygen atoms in total. The number of ether oxygens (including phenoxy) is 1. The second kappa shape index (κ2) is 7.28. The lowest BCUT2D eigenvalue weighted by Crippen LogP contribution is -2.37. The third-order valence-electron chi connectivity index (χ3n) is 3.87. The van der Waals surface area contributed by atoms with Gasteiger partial charge in [0.25, 0.3) is 0 Å². The van der Waals surface area contributed by atoms with Crippen LogP contribution in [0.4, 0.5) is 0 Å². The molecule has 0 saturated carbocycles. The highest BCUT2D eigenvalue weighted by Gasteiger charge is 2.16. The van der Waals surface area contributed by atoms with E-state index in [1.807, 2.05) is 18.2 Å². The molecule has 1 fully saturated rings. The third kappa shape index (κ3) is 3.96. The maximum Gasteiger partial charge on any atom is 0.136 e. The lowest BCUT2D eigenvalue weighted by Gasteiger charge is -2.29. The number of nitrogens with zero attached hydrogens (tertiary/aromatic N) is 2. The van der Waals surface area contributed by atoms with Crippen molar-refractivity contribution in [3.8, 4) is 11.8 Å². The minimum absolute atomic E-state index is 0.588. The molecule has 108 valence electrons. The van der Waals surface area contributed by atoms with Gasteiger partial charge in [-0.05, 0) is 56.6 Å². The summed E-state index contributed by atoms with van der Waals surface area (Å²) in [4.78, 5) is 2.40. The van der Waals surface area contributed by atoms with Gasteiger partial charge in [-0.3, -0.25) is 0 Å². The first-order valence-electron chi connectivity index (χ1n) is 7.19. The fraction of sp³-hybridized carbons (Fsp3) is 0.562. The van der Waals surface area contributed by atoms with E-state index >= 15 is 0 Å². The van der Waals surface area contributed by atoms with Gasteiger partial charge in [-0.1, -0.05) is 6.07 Å². The lowest BCUT2D eigenvalue weighted by atomic mass is 9.98. The van der Waals surface area contributed by atoms with Crippen molar-refractivity contribution in [1.29, 1.82) is 5.26 Å². The van der Waals surface area contributed by atoms with Gasteiger partial charge < -0.3 is 15.0 Å². The Hall–Kier alpha value is -1.57. The molecule has 0 amide bonds. The predicted octanol–water partition coefficient (Wildman–Crippen LogP) is 2.00. The van der Waals surface area contributed by atoms with Gasteiger partial charge in [0.15, 0.2) is 0 Å². The lowest BCUT2D eigenvalue weighted by molar-refractivity contribution is 0.206. The number of hydrogen-bond donors (Lipinski definition) is 1. The highest BCUT2D eigenvalue weighted by atomic mass is 16.5. The average molecular weight is 273 g/mol. The van der Waals surface area contributed by atoms with E-state index in [1.165, 1.54) is 25.9 Å². The zero-order valence-electron chi connectivity index (χ0n) is 12.4. The van der Waals surface area contributed by atoms with E-state index < -0.39 is 0 Å². The Labute approximate surface area is 121 Å². The Morgan fingerprint density at radius 3 is 3.05 bits per heavy atom. The van der Waals surface area contributed by atoms with Crippen LogP contribution in [0.2, 0.25) is 0 Å². The third-order valence-corrected chi connectivity index (χ3v) is 3.87. The largest absolute Gasteiger partial charge is 0.495 e. The Morgan fingerprint density at radius 1 is 1.50 bits per heavy atom. The van der Waals surface area contributed by atoms with Gasteiger partial charge in [0.05, 0.1) is 12.7 Å². The number of benzene rings is 1. The maximum atomic E-state index is 8.96. The minimum atomic E-state index is 0.588. The van der Waals surface area contributed by atoms with Crippen molar-refractivity contribution < 1.29 is 4.74 Å². The van der Waals surface area contributed by atoms with E-state index in [0.717, 1.165) is 24.6 Å². The zero-order valence-corrected chi connectivity index (χ0v) is 12.4. The molecule has 1 atom stereocenters. The molecule has 1 aliphatic rings. The summed E-state index contributed by atoms with van der Waals surface area (Å²) in [5, 5.41) is 12.5. The molecule has 0 radical (unpaired) electrons. The van der Waals surface area contributed by atoms with E-state index in [4.69, 9.17) is 10.00 Å². The van der Waals surface area contributed by atoms with Gasteiger partial charge >= 0.3 is 0 Å². The zero-order chi connectivity index (χ0) is 14.4. The van der Waals surface area contributed by atoms with Crippen molar-refractivity contribution in [2.75, 3.05) is 33.8 Å². The van der Waals surface area contributed by atoms with Crippen LogP contribution in [-0.2, 0) is 6.54 Å². The van der Waals surface area contributed by atoms with Crippen LogP contribution in [0.3, 0.4) is 0 Å². The Bertz CT molecular complexity index is 481. The van der Waals surface area contributed by atoms with Crippen molar-refractivity contribution in [3.05, 3.63) is 29.3 Å². The summed E-state index contributed by atoms with van der Waals surface area (Å²) in [7, 11) is 3.79. The van der Waals surface area contributed by atoms with Crippen LogP contribution in [-0.4, -0.2) is 38.7 Å². The number of hydrogen-bond acceptors (Lipinski definition) is 4. The van der Waals surface area contributed by atoms with E-state index in [2.05, 4.69) is 23.3 Å². The Balaban J connectivity index is 1.83. The molecule has 1 aromatic rings. The first-order valence-corrected chi connectivity index (χ1v) is 7.19. The van der Waals surface area contributed by atoms with Crippen molar-refractivity contribution in [2.24, 2.45) is 5.92 Å². The van der Waals surface area contributed by atoms with E-state index in [-0.39, 0.29) is 0 Å². The molecule has 1 heterocycles. The van der Waals surface area contributed by atoms with E-state index in [1.54, 1.807) is 7.11 Å². The molecule has 0 bridgehead atoms. The van der Waals surface area contributed by atoms with E-state index in [9.17, 15) is 0 Å². The number of methoxy groups -OCH3 is 1. The first kappa shape index (κ1) is 14.8. The van der Waals surface area contributed by atoms with Crippen LogP contribution < -0.4 is 10.1 Å². The second-order valence-corrected chi connectivity index (χ2v) is 5.55. The molecule has 1 aliphatic heterocycles. The molecule has 20 heavy (non-hydrogen) atoms. The molecule has 0 aromatic heterocycles. The van der Waals surface area contributed by atoms with Crippen molar-refractivity contribution in [3.63, 3.8) is 0 Å². The van der Waals surface area contributed by atoms with Crippen molar-refractivity contribution >= 4 is 0 Å². The number of rotatable bonds is 5. The molecular weight excluding hydrogens is 250 g/mol. The normalized spacial score (nSPS) is 19.6. The molecule has 0 aliphatic carbocycles. The number of nitriles is 1. The van der Waals surface area contributed by atoms with E-state index in [0.29, 0.717) is 11.3 Å². The summed E-state index contributed by atoms with van der Waals surface area (Å²) in [6.45, 7) is 4.28. The number of nitrogens with one attached hydrogen (secondary N) is 1. The minimum Gasteiger partial charge on any atom is -0.495 e. The molecule has 1 N–H and O–H groups in total. The topological polar surface area (TPSA) is 48.3 Å². The summed E-state index contributed by atoms with van der Waals surface area (Å²) in [6.07, 6.45) is 2.61. The van der Waals surface area contributed by atoms with Crippen molar-refractivity contribution in [2.45, 2.75) is 19.4 Å². The van der Waals surface area contributed by atoms with Gasteiger partial charge in [0, 0.05) is 13.1 Å². The van der Waals surface area contributed by atoms with Gasteiger partial charge in [-0.2, -0.15) is 5.26 Å². The smallest absolute Gasteiger partial charge is 0.136 e. The van der Waals surface area contributed by atoms with Gasteiger partial charge in [-0.25, -0.2) is 0 Å². The highest BCUT2D eigenvalue weighted by Crippen LogP contribution is 2.19.